The second-order valence-electron chi connectivity index (χ2n) is 7.04. The second-order valence-corrected chi connectivity index (χ2v) is 8.15. The first-order valence-corrected chi connectivity index (χ1v) is 9.46. The van der Waals surface area contributed by atoms with Gasteiger partial charge in [0, 0.05) is 24.9 Å². The summed E-state index contributed by atoms with van der Waals surface area (Å²) in [6.45, 7) is 6.85. The quantitative estimate of drug-likeness (QED) is 0.804. The van der Waals surface area contributed by atoms with Crippen molar-refractivity contribution in [3.63, 3.8) is 0 Å². The van der Waals surface area contributed by atoms with Crippen molar-refractivity contribution in [3.05, 3.63) is 11.6 Å². The fourth-order valence-corrected chi connectivity index (χ4v) is 5.47. The van der Waals surface area contributed by atoms with E-state index in [1.165, 1.54) is 43.6 Å². The van der Waals surface area contributed by atoms with Crippen LogP contribution in [0, 0.1) is 11.8 Å². The number of ether oxygens (including phenoxy) is 1. The van der Waals surface area contributed by atoms with Gasteiger partial charge >= 0.3 is 0 Å². The normalized spacial score (nSPS) is 41.9. The largest absolute Gasteiger partial charge is 0.374 e. The van der Waals surface area contributed by atoms with Crippen molar-refractivity contribution in [2.75, 3.05) is 24.7 Å². The molecule has 0 aromatic carbocycles. The van der Waals surface area contributed by atoms with Gasteiger partial charge in [-0.05, 0) is 56.6 Å². The molecule has 0 aromatic rings. The standard InChI is InChI=1S/C17H29NOS/c1-13-4-3-5-14(2)16(13)11-18-15-6-8-19-17(10-15)7-9-20-12-17/h4,14-16,18H,3,5-12H2,1-2H3/t14-,15+,16+,17-/m0/s1. The average Bonchev–Trinajstić information content (AvgIpc) is 2.86. The summed E-state index contributed by atoms with van der Waals surface area (Å²) < 4.78 is 6.12. The van der Waals surface area contributed by atoms with Crippen molar-refractivity contribution in [2.45, 2.75) is 57.6 Å². The molecular formula is C17H29NOS. The highest BCUT2D eigenvalue weighted by atomic mass is 32.2. The van der Waals surface area contributed by atoms with Gasteiger partial charge in [-0.2, -0.15) is 11.8 Å². The van der Waals surface area contributed by atoms with Gasteiger partial charge in [0.15, 0.2) is 0 Å². The highest BCUT2D eigenvalue weighted by Gasteiger charge is 2.40. The van der Waals surface area contributed by atoms with Crippen LogP contribution in [0.5, 0.6) is 0 Å². The van der Waals surface area contributed by atoms with E-state index in [1.54, 1.807) is 5.57 Å². The summed E-state index contributed by atoms with van der Waals surface area (Å²) in [7, 11) is 0. The zero-order valence-electron chi connectivity index (χ0n) is 13.0. The van der Waals surface area contributed by atoms with Crippen molar-refractivity contribution < 1.29 is 4.74 Å². The molecule has 2 saturated heterocycles. The van der Waals surface area contributed by atoms with E-state index in [1.807, 2.05) is 0 Å². The van der Waals surface area contributed by atoms with Crippen molar-refractivity contribution in [1.82, 2.24) is 5.32 Å². The summed E-state index contributed by atoms with van der Waals surface area (Å²) in [6, 6.07) is 0.671. The summed E-state index contributed by atoms with van der Waals surface area (Å²) >= 11 is 2.07. The first-order chi connectivity index (χ1) is 9.69. The van der Waals surface area contributed by atoms with Crippen LogP contribution >= 0.6 is 11.8 Å². The number of hydrogen-bond acceptors (Lipinski definition) is 3. The topological polar surface area (TPSA) is 21.3 Å². The summed E-state index contributed by atoms with van der Waals surface area (Å²) in [5, 5.41) is 3.87. The van der Waals surface area contributed by atoms with Crippen LogP contribution in [0.25, 0.3) is 0 Å². The Balaban J connectivity index is 1.53. The number of nitrogens with one attached hydrogen (secondary N) is 1. The van der Waals surface area contributed by atoms with Crippen LogP contribution in [-0.2, 0) is 4.74 Å². The van der Waals surface area contributed by atoms with Gasteiger partial charge in [-0.15, -0.1) is 0 Å². The van der Waals surface area contributed by atoms with Gasteiger partial charge in [0.05, 0.1) is 5.60 Å². The van der Waals surface area contributed by atoms with Gasteiger partial charge in [0.1, 0.15) is 0 Å². The Bertz CT molecular complexity index is 362. The van der Waals surface area contributed by atoms with Gasteiger partial charge in [-0.25, -0.2) is 0 Å². The minimum atomic E-state index is 0.212. The van der Waals surface area contributed by atoms with Crippen molar-refractivity contribution in [1.29, 1.82) is 0 Å². The summed E-state index contributed by atoms with van der Waals surface area (Å²) in [6.07, 6.45) is 8.76. The molecule has 2 fully saturated rings. The number of thioether (sulfide) groups is 1. The summed E-state index contributed by atoms with van der Waals surface area (Å²) in [5.74, 6) is 4.09. The van der Waals surface area contributed by atoms with E-state index in [2.05, 4.69) is 37.0 Å². The molecule has 0 saturated carbocycles. The first-order valence-electron chi connectivity index (χ1n) is 8.30. The van der Waals surface area contributed by atoms with Gasteiger partial charge in [-0.1, -0.05) is 18.6 Å². The van der Waals surface area contributed by atoms with Crippen molar-refractivity contribution in [3.8, 4) is 0 Å². The molecule has 2 aliphatic heterocycles. The molecule has 1 spiro atoms. The molecule has 0 amide bonds. The lowest BCUT2D eigenvalue weighted by Crippen LogP contribution is -2.48. The molecule has 2 heterocycles. The maximum absolute atomic E-state index is 6.12. The fraction of sp³-hybridized carbons (Fsp3) is 0.882. The third kappa shape index (κ3) is 3.26. The summed E-state index contributed by atoms with van der Waals surface area (Å²) in [4.78, 5) is 0. The molecule has 0 radical (unpaired) electrons. The average molecular weight is 295 g/mol. The predicted molar refractivity (Wildman–Crippen MR) is 87.3 cm³/mol. The molecule has 0 bridgehead atoms. The van der Waals surface area contributed by atoms with E-state index in [9.17, 15) is 0 Å². The Hall–Kier alpha value is 0.0100. The smallest absolute Gasteiger partial charge is 0.0795 e. The minimum Gasteiger partial charge on any atom is -0.374 e. The van der Waals surface area contributed by atoms with Crippen LogP contribution in [0.1, 0.15) is 46.0 Å². The zero-order chi connectivity index (χ0) is 14.0. The maximum atomic E-state index is 6.12. The Morgan fingerprint density at radius 3 is 3.10 bits per heavy atom. The van der Waals surface area contributed by atoms with E-state index in [0.29, 0.717) is 6.04 Å². The van der Waals surface area contributed by atoms with E-state index in [0.717, 1.165) is 25.0 Å². The molecule has 20 heavy (non-hydrogen) atoms. The molecule has 4 atom stereocenters. The summed E-state index contributed by atoms with van der Waals surface area (Å²) in [5.41, 5.74) is 1.82. The van der Waals surface area contributed by atoms with Crippen LogP contribution in [0.4, 0.5) is 0 Å². The zero-order valence-corrected chi connectivity index (χ0v) is 13.8. The van der Waals surface area contributed by atoms with Crippen LogP contribution < -0.4 is 5.32 Å². The third-order valence-corrected chi connectivity index (χ3v) is 6.77. The van der Waals surface area contributed by atoms with E-state index >= 15 is 0 Å². The molecule has 0 aromatic heterocycles. The molecule has 2 nitrogen and oxygen atoms in total. The Kier molecular flexibility index (Phi) is 4.79. The Labute approximate surface area is 128 Å². The number of hydrogen-bond donors (Lipinski definition) is 1. The molecule has 0 unspecified atom stereocenters. The van der Waals surface area contributed by atoms with E-state index in [-0.39, 0.29) is 5.60 Å². The van der Waals surface area contributed by atoms with Crippen LogP contribution in [-0.4, -0.2) is 36.3 Å². The van der Waals surface area contributed by atoms with Gasteiger partial charge in [-0.3, -0.25) is 0 Å². The molecule has 3 aliphatic rings. The maximum Gasteiger partial charge on any atom is 0.0795 e. The second kappa shape index (κ2) is 6.41. The molecule has 3 heteroatoms. The Morgan fingerprint density at radius 1 is 1.45 bits per heavy atom. The van der Waals surface area contributed by atoms with Gasteiger partial charge in [0.25, 0.3) is 0 Å². The minimum absolute atomic E-state index is 0.212. The molecule has 1 aliphatic carbocycles. The van der Waals surface area contributed by atoms with Crippen LogP contribution in [0.3, 0.4) is 0 Å². The lowest BCUT2D eigenvalue weighted by atomic mass is 9.79. The van der Waals surface area contributed by atoms with E-state index in [4.69, 9.17) is 4.74 Å². The lowest BCUT2D eigenvalue weighted by Gasteiger charge is -2.39. The number of rotatable bonds is 3. The van der Waals surface area contributed by atoms with Crippen LogP contribution in [0.15, 0.2) is 11.6 Å². The monoisotopic (exact) mass is 295 g/mol. The molecule has 114 valence electrons. The fourth-order valence-electron chi connectivity index (χ4n) is 4.10. The third-order valence-electron chi connectivity index (χ3n) is 5.55. The predicted octanol–water partition coefficient (Wildman–Crippen LogP) is 3.62. The van der Waals surface area contributed by atoms with Crippen molar-refractivity contribution in [2.24, 2.45) is 11.8 Å². The molecule has 3 rings (SSSR count). The van der Waals surface area contributed by atoms with Gasteiger partial charge in [0.2, 0.25) is 0 Å². The number of allylic oxidation sites excluding steroid dienone is 1. The molecule has 1 N–H and O–H groups in total. The highest BCUT2D eigenvalue weighted by Crippen LogP contribution is 2.38. The van der Waals surface area contributed by atoms with Crippen LogP contribution in [0.2, 0.25) is 0 Å². The van der Waals surface area contributed by atoms with Crippen molar-refractivity contribution >= 4 is 11.8 Å². The van der Waals surface area contributed by atoms with E-state index < -0.39 is 0 Å². The SMILES string of the molecule is CC1=CCC[C@H](C)[C@@H]1CN[C@@H]1CCO[C@@]2(CCSC2)C1. The lowest BCUT2D eigenvalue weighted by molar-refractivity contribution is -0.0704. The first kappa shape index (κ1) is 14.9. The Morgan fingerprint density at radius 2 is 2.35 bits per heavy atom. The highest BCUT2D eigenvalue weighted by molar-refractivity contribution is 7.99. The van der Waals surface area contributed by atoms with Gasteiger partial charge < -0.3 is 10.1 Å². The molecular weight excluding hydrogens is 266 g/mol.